The second kappa shape index (κ2) is 14.7. The van der Waals surface area contributed by atoms with E-state index in [1.165, 1.54) is 31.7 Å². The Morgan fingerprint density at radius 3 is 1.95 bits per heavy atom. The van der Waals surface area contributed by atoms with Crippen LogP contribution < -0.4 is 0 Å². The first kappa shape index (κ1) is 22.1. The van der Waals surface area contributed by atoms with Crippen LogP contribution in [0.3, 0.4) is 0 Å². The fourth-order valence-electron chi connectivity index (χ4n) is 2.19. The minimum absolute atomic E-state index is 0.559. The van der Waals surface area contributed by atoms with E-state index in [0.29, 0.717) is 0 Å². The molecule has 0 aromatic heterocycles. The van der Waals surface area contributed by atoms with Crippen LogP contribution in [0.1, 0.15) is 86.0 Å². The summed E-state index contributed by atoms with van der Waals surface area (Å²) in [5.74, 6) is 0.0322. The fourth-order valence-corrected chi connectivity index (χ4v) is 3.43. The molecule has 0 rings (SSSR count). The summed E-state index contributed by atoms with van der Waals surface area (Å²) in [6, 6.07) is 1.22. The molecule has 0 aliphatic heterocycles. The van der Waals surface area contributed by atoms with Gasteiger partial charge >= 0.3 is 0 Å². The minimum Gasteiger partial charge on any atom is -0.376 e. The summed E-state index contributed by atoms with van der Waals surface area (Å²) < 4.78 is 17.8. The molecule has 0 unspecified atom stereocenters. The van der Waals surface area contributed by atoms with Gasteiger partial charge in [0.15, 0.2) is 9.76 Å². The number of hydrogen-bond acceptors (Lipinski definition) is 3. The lowest BCUT2D eigenvalue weighted by atomic mass is 10.1. The molecule has 0 atom stereocenters. The smallest absolute Gasteiger partial charge is 0.269 e. The predicted molar refractivity (Wildman–Crippen MR) is 97.9 cm³/mol. The third kappa shape index (κ3) is 13.7. The van der Waals surface area contributed by atoms with E-state index in [-0.39, 0.29) is 0 Å². The van der Waals surface area contributed by atoms with Crippen molar-refractivity contribution in [3.63, 3.8) is 0 Å². The van der Waals surface area contributed by atoms with Crippen molar-refractivity contribution < 1.29 is 13.9 Å². The van der Waals surface area contributed by atoms with Crippen LogP contribution in [0.4, 0.5) is 0 Å². The second-order valence-electron chi connectivity index (χ2n) is 6.71. The molecule has 0 saturated carbocycles. The minimum atomic E-state index is -0.797. The fraction of sp³-hybridized carbons (Fsp3) is 1.00. The first-order valence-corrected chi connectivity index (χ1v) is 11.0. The molecule has 0 aromatic rings. The summed E-state index contributed by atoms with van der Waals surface area (Å²) in [7, 11) is -0.559. The van der Waals surface area contributed by atoms with Gasteiger partial charge < -0.3 is 13.9 Å². The lowest BCUT2D eigenvalue weighted by Crippen LogP contribution is -2.37. The number of hydrogen-bond donors (Lipinski definition) is 0. The average Bonchev–Trinajstić information content (AvgIpc) is 2.46. The Morgan fingerprint density at radius 2 is 1.45 bits per heavy atom. The van der Waals surface area contributed by atoms with Gasteiger partial charge in [0.2, 0.25) is 0 Å². The highest BCUT2D eigenvalue weighted by molar-refractivity contribution is 6.27. The van der Waals surface area contributed by atoms with Crippen LogP contribution in [0.2, 0.25) is 6.04 Å². The van der Waals surface area contributed by atoms with E-state index in [2.05, 4.69) is 27.7 Å². The van der Waals surface area contributed by atoms with Crippen molar-refractivity contribution in [2.45, 2.75) is 98.0 Å². The van der Waals surface area contributed by atoms with E-state index < -0.39 is 15.7 Å². The van der Waals surface area contributed by atoms with Crippen LogP contribution in [-0.4, -0.2) is 29.0 Å². The lowest BCUT2D eigenvalue weighted by Gasteiger charge is -2.30. The molecule has 22 heavy (non-hydrogen) atoms. The van der Waals surface area contributed by atoms with Crippen LogP contribution >= 0.6 is 0 Å². The summed E-state index contributed by atoms with van der Waals surface area (Å²) in [4.78, 5) is 0. The Balaban J connectivity index is 3.85. The molecule has 3 nitrogen and oxygen atoms in total. The average molecular weight is 333 g/mol. The van der Waals surface area contributed by atoms with Crippen LogP contribution in [0, 0.1) is 5.92 Å². The van der Waals surface area contributed by atoms with Crippen LogP contribution in [-0.2, 0) is 13.9 Å². The first-order valence-electron chi connectivity index (χ1n) is 9.46. The number of ether oxygens (including phenoxy) is 2. The molecule has 0 N–H and O–H groups in total. The first-order chi connectivity index (χ1) is 10.5. The maximum Gasteiger partial charge on any atom is 0.269 e. The summed E-state index contributed by atoms with van der Waals surface area (Å²) >= 11 is 0. The van der Waals surface area contributed by atoms with Gasteiger partial charge in [-0.1, -0.05) is 66.2 Å². The molecule has 0 amide bonds. The monoisotopic (exact) mass is 332 g/mol. The number of rotatable bonds is 16. The molecule has 0 radical (unpaired) electrons. The second-order valence-corrected chi connectivity index (χ2v) is 8.12. The molecule has 0 spiro atoms. The molecular weight excluding hydrogens is 292 g/mol. The molecule has 0 heterocycles. The Morgan fingerprint density at radius 1 is 0.864 bits per heavy atom. The molecule has 0 saturated heterocycles. The van der Waals surface area contributed by atoms with Crippen molar-refractivity contribution in [1.29, 1.82) is 0 Å². The SMILES string of the molecule is CCCCOC(C)(OCCCC)O[SiH2]CCCCCC(C)C. The van der Waals surface area contributed by atoms with E-state index in [1.54, 1.807) is 0 Å². The molecule has 134 valence electrons. The van der Waals surface area contributed by atoms with E-state index in [0.717, 1.165) is 44.8 Å². The van der Waals surface area contributed by atoms with Gasteiger partial charge in [-0.2, -0.15) is 0 Å². The van der Waals surface area contributed by atoms with E-state index in [1.807, 2.05) is 6.92 Å². The third-order valence-corrected chi connectivity index (χ3v) is 5.28. The highest BCUT2D eigenvalue weighted by Gasteiger charge is 2.26. The lowest BCUT2D eigenvalue weighted by molar-refractivity contribution is -0.334. The van der Waals surface area contributed by atoms with Crippen LogP contribution in [0.5, 0.6) is 0 Å². The van der Waals surface area contributed by atoms with Gasteiger partial charge in [-0.25, -0.2) is 0 Å². The zero-order chi connectivity index (χ0) is 16.7. The van der Waals surface area contributed by atoms with Gasteiger partial charge in [-0.05, 0) is 24.8 Å². The van der Waals surface area contributed by atoms with Gasteiger partial charge in [0.1, 0.15) is 0 Å². The van der Waals surface area contributed by atoms with E-state index in [4.69, 9.17) is 13.9 Å². The molecule has 0 aromatic carbocycles. The van der Waals surface area contributed by atoms with Gasteiger partial charge in [0.05, 0.1) is 13.2 Å². The van der Waals surface area contributed by atoms with Crippen LogP contribution in [0.15, 0.2) is 0 Å². The largest absolute Gasteiger partial charge is 0.376 e. The van der Waals surface area contributed by atoms with Crippen molar-refractivity contribution in [1.82, 2.24) is 0 Å². The van der Waals surface area contributed by atoms with Crippen molar-refractivity contribution >= 4 is 9.76 Å². The van der Waals surface area contributed by atoms with Gasteiger partial charge in [0, 0.05) is 6.92 Å². The third-order valence-electron chi connectivity index (χ3n) is 3.76. The van der Waals surface area contributed by atoms with Crippen molar-refractivity contribution in [2.75, 3.05) is 13.2 Å². The highest BCUT2D eigenvalue weighted by Crippen LogP contribution is 2.17. The van der Waals surface area contributed by atoms with Crippen LogP contribution in [0.25, 0.3) is 0 Å². The van der Waals surface area contributed by atoms with Gasteiger partial charge in [-0.15, -0.1) is 0 Å². The summed E-state index contributed by atoms with van der Waals surface area (Å²) in [6.07, 6.45) is 9.72. The summed E-state index contributed by atoms with van der Waals surface area (Å²) in [6.45, 7) is 12.3. The quantitative estimate of drug-likeness (QED) is 0.225. The normalized spacial score (nSPS) is 12.8. The van der Waals surface area contributed by atoms with Gasteiger partial charge in [0.25, 0.3) is 5.97 Å². The van der Waals surface area contributed by atoms with E-state index in [9.17, 15) is 0 Å². The predicted octanol–water partition coefficient (Wildman–Crippen LogP) is 5.03. The number of unbranched alkanes of at least 4 members (excludes halogenated alkanes) is 4. The van der Waals surface area contributed by atoms with Crippen molar-refractivity contribution in [2.24, 2.45) is 5.92 Å². The maximum atomic E-state index is 6.04. The molecule has 0 aliphatic carbocycles. The Bertz CT molecular complexity index is 224. The molecule has 4 heteroatoms. The maximum absolute atomic E-state index is 6.04. The van der Waals surface area contributed by atoms with Crippen molar-refractivity contribution in [3.8, 4) is 0 Å². The molecule has 0 bridgehead atoms. The zero-order valence-electron chi connectivity index (χ0n) is 15.8. The Kier molecular flexibility index (Phi) is 14.7. The molecule has 0 fully saturated rings. The highest BCUT2D eigenvalue weighted by atomic mass is 28.2. The van der Waals surface area contributed by atoms with Crippen molar-refractivity contribution in [3.05, 3.63) is 0 Å². The Labute approximate surface area is 141 Å². The Hall–Kier alpha value is 0.0969. The van der Waals surface area contributed by atoms with Gasteiger partial charge in [-0.3, -0.25) is 0 Å². The zero-order valence-corrected chi connectivity index (χ0v) is 17.2. The summed E-state index contributed by atoms with van der Waals surface area (Å²) in [5, 5.41) is 0. The molecular formula is C18H40O3Si. The summed E-state index contributed by atoms with van der Waals surface area (Å²) in [5.41, 5.74) is 0. The topological polar surface area (TPSA) is 27.7 Å². The van der Waals surface area contributed by atoms with E-state index >= 15 is 0 Å². The molecule has 0 aliphatic rings. The standard InChI is InChI=1S/C18H40O3Si/c1-6-8-14-19-18(5,20-15-9-7-2)21-22-16-12-10-11-13-17(3)4/h17H,6-16,22H2,1-5H3.